The molecule has 8 nitrogen and oxygen atoms in total. The number of hydrogen-bond acceptors (Lipinski definition) is 6. The summed E-state index contributed by atoms with van der Waals surface area (Å²) in [5.74, 6) is 3.18. The van der Waals surface area contributed by atoms with E-state index >= 15 is 0 Å². The molecule has 0 bridgehead atoms. The summed E-state index contributed by atoms with van der Waals surface area (Å²) >= 11 is 0. The van der Waals surface area contributed by atoms with Crippen LogP contribution in [0.4, 0.5) is 5.82 Å². The molecular weight excluding hydrogens is 440 g/mol. The van der Waals surface area contributed by atoms with Gasteiger partial charge in [0.05, 0.1) is 12.4 Å². The molecule has 3 aromatic heterocycles. The molecule has 178 valence electrons. The molecule has 4 aromatic rings. The highest BCUT2D eigenvalue weighted by Gasteiger charge is 2.34. The van der Waals surface area contributed by atoms with Crippen LogP contribution in [-0.2, 0) is 0 Å². The van der Waals surface area contributed by atoms with Crippen molar-refractivity contribution in [2.45, 2.75) is 39.2 Å². The fraction of sp³-hybridized carbons (Fsp3) is 0.333. The number of rotatable bonds is 8. The molecule has 6 rings (SSSR count). The first-order chi connectivity index (χ1) is 17.0. The zero-order valence-corrected chi connectivity index (χ0v) is 19.9. The van der Waals surface area contributed by atoms with Crippen LogP contribution >= 0.6 is 0 Å². The molecule has 1 aromatic carbocycles. The molecular formula is C27H28N6O2. The minimum atomic E-state index is -0.0138. The largest absolute Gasteiger partial charge is 0.437 e. The Bertz CT molecular complexity index is 1400. The quantitative estimate of drug-likeness (QED) is 0.384. The second kappa shape index (κ2) is 8.69. The lowest BCUT2D eigenvalue weighted by Crippen LogP contribution is -2.27. The van der Waals surface area contributed by atoms with E-state index < -0.39 is 0 Å². The third kappa shape index (κ3) is 4.56. The van der Waals surface area contributed by atoms with Crippen molar-refractivity contribution in [3.8, 4) is 22.8 Å². The van der Waals surface area contributed by atoms with Gasteiger partial charge in [0.1, 0.15) is 11.6 Å². The maximum atomic E-state index is 12.7. The molecule has 2 fully saturated rings. The van der Waals surface area contributed by atoms with Gasteiger partial charge in [-0.25, -0.2) is 0 Å². The molecule has 2 atom stereocenters. The summed E-state index contributed by atoms with van der Waals surface area (Å²) in [6, 6.07) is 11.7. The highest BCUT2D eigenvalue weighted by molar-refractivity contribution is 5.97. The predicted octanol–water partition coefficient (Wildman–Crippen LogP) is 4.85. The Kier molecular flexibility index (Phi) is 5.36. The van der Waals surface area contributed by atoms with Crippen molar-refractivity contribution < 1.29 is 9.53 Å². The van der Waals surface area contributed by atoms with Crippen molar-refractivity contribution in [3.05, 3.63) is 66.1 Å². The molecule has 1 amide bonds. The van der Waals surface area contributed by atoms with Crippen LogP contribution in [0.1, 0.15) is 42.1 Å². The SMILES string of the molecule is Cc1cc(-c2cnn3c(NCC4CC4)cc(Oc4cccnc4)nc23)ccc1C(=O)NC1CC1C. The Morgan fingerprint density at radius 1 is 1.20 bits per heavy atom. The maximum absolute atomic E-state index is 12.7. The summed E-state index contributed by atoms with van der Waals surface area (Å²) in [5, 5.41) is 11.3. The Morgan fingerprint density at radius 2 is 2.06 bits per heavy atom. The zero-order chi connectivity index (χ0) is 23.9. The molecule has 2 aliphatic carbocycles. The van der Waals surface area contributed by atoms with Crippen molar-refractivity contribution in [2.75, 3.05) is 11.9 Å². The van der Waals surface area contributed by atoms with Gasteiger partial charge in [0.15, 0.2) is 5.65 Å². The van der Waals surface area contributed by atoms with Gasteiger partial charge in [-0.2, -0.15) is 14.6 Å². The number of aryl methyl sites for hydroxylation is 1. The van der Waals surface area contributed by atoms with Gasteiger partial charge in [0.25, 0.3) is 5.91 Å². The van der Waals surface area contributed by atoms with Crippen molar-refractivity contribution in [3.63, 3.8) is 0 Å². The lowest BCUT2D eigenvalue weighted by atomic mass is 10.0. The van der Waals surface area contributed by atoms with Crippen LogP contribution in [0, 0.1) is 18.8 Å². The van der Waals surface area contributed by atoms with Gasteiger partial charge in [0.2, 0.25) is 5.88 Å². The highest BCUT2D eigenvalue weighted by Crippen LogP contribution is 2.33. The van der Waals surface area contributed by atoms with Crippen molar-refractivity contribution in [1.29, 1.82) is 0 Å². The van der Waals surface area contributed by atoms with Crippen LogP contribution < -0.4 is 15.4 Å². The Balaban J connectivity index is 1.35. The van der Waals surface area contributed by atoms with Gasteiger partial charge < -0.3 is 15.4 Å². The smallest absolute Gasteiger partial charge is 0.251 e. The number of anilines is 1. The van der Waals surface area contributed by atoms with E-state index in [-0.39, 0.29) is 5.91 Å². The van der Waals surface area contributed by atoms with Gasteiger partial charge in [-0.3, -0.25) is 9.78 Å². The van der Waals surface area contributed by atoms with Crippen LogP contribution in [0.2, 0.25) is 0 Å². The summed E-state index contributed by atoms with van der Waals surface area (Å²) in [4.78, 5) is 21.6. The number of aromatic nitrogens is 4. The third-order valence-corrected chi connectivity index (χ3v) is 6.78. The number of amides is 1. The number of hydrogen-bond donors (Lipinski definition) is 2. The average Bonchev–Trinajstić information content (AvgIpc) is 3.76. The number of ether oxygens (including phenoxy) is 1. The molecule has 0 saturated heterocycles. The Hall–Kier alpha value is -3.94. The van der Waals surface area contributed by atoms with Crippen LogP contribution in [0.3, 0.4) is 0 Å². The van der Waals surface area contributed by atoms with Crippen LogP contribution in [0.15, 0.2) is 55.0 Å². The standard InChI is InChI=1S/C27H28N6O2/c1-16-10-19(7-8-21(16)27(34)31-23-11-17(23)2)22-15-30-33-24(29-13-18-5-6-18)12-25(32-26(22)33)35-20-4-3-9-28-14-20/h3-4,7-10,12,14-15,17-18,23,29H,5-6,11,13H2,1-2H3,(H,31,34). The van der Waals surface area contributed by atoms with Crippen LogP contribution in [0.25, 0.3) is 16.8 Å². The first kappa shape index (κ1) is 21.6. The van der Waals surface area contributed by atoms with Crippen molar-refractivity contribution in [1.82, 2.24) is 24.9 Å². The first-order valence-electron chi connectivity index (χ1n) is 12.2. The summed E-state index contributed by atoms with van der Waals surface area (Å²) in [5.41, 5.74) is 4.13. The highest BCUT2D eigenvalue weighted by atomic mass is 16.5. The first-order valence-corrected chi connectivity index (χ1v) is 12.2. The minimum Gasteiger partial charge on any atom is -0.437 e. The summed E-state index contributed by atoms with van der Waals surface area (Å²) in [6.45, 7) is 5.01. The van der Waals surface area contributed by atoms with Gasteiger partial charge in [-0.1, -0.05) is 19.1 Å². The second-order valence-corrected chi connectivity index (χ2v) is 9.71. The number of nitrogens with one attached hydrogen (secondary N) is 2. The van der Waals surface area contributed by atoms with E-state index in [1.165, 1.54) is 12.8 Å². The van der Waals surface area contributed by atoms with Gasteiger partial charge in [0, 0.05) is 36.0 Å². The van der Waals surface area contributed by atoms with Gasteiger partial charge in [-0.15, -0.1) is 0 Å². The van der Waals surface area contributed by atoms with E-state index in [0.717, 1.165) is 35.5 Å². The van der Waals surface area contributed by atoms with Crippen molar-refractivity contribution >= 4 is 17.4 Å². The molecule has 8 heteroatoms. The molecule has 2 saturated carbocycles. The van der Waals surface area contributed by atoms with E-state index in [2.05, 4.69) is 27.6 Å². The number of carbonyl (C=O) groups is 1. The predicted molar refractivity (Wildman–Crippen MR) is 134 cm³/mol. The summed E-state index contributed by atoms with van der Waals surface area (Å²) in [6.07, 6.45) is 8.75. The second-order valence-electron chi connectivity index (χ2n) is 9.71. The van der Waals surface area contributed by atoms with Crippen LogP contribution in [-0.4, -0.2) is 38.1 Å². The molecule has 35 heavy (non-hydrogen) atoms. The normalized spacial score (nSPS) is 18.9. The Labute approximate surface area is 203 Å². The maximum Gasteiger partial charge on any atom is 0.251 e. The number of benzene rings is 1. The van der Waals surface area contributed by atoms with E-state index in [4.69, 9.17) is 9.72 Å². The van der Waals surface area contributed by atoms with E-state index in [9.17, 15) is 4.79 Å². The minimum absolute atomic E-state index is 0.0138. The molecule has 2 N–H and O–H groups in total. The monoisotopic (exact) mass is 468 g/mol. The molecule has 0 spiro atoms. The van der Waals surface area contributed by atoms with Gasteiger partial charge in [-0.05, 0) is 67.3 Å². The Morgan fingerprint density at radius 3 is 2.77 bits per heavy atom. The lowest BCUT2D eigenvalue weighted by Gasteiger charge is -2.12. The molecule has 0 aliphatic heterocycles. The topological polar surface area (TPSA) is 93.4 Å². The molecule has 3 heterocycles. The third-order valence-electron chi connectivity index (χ3n) is 6.78. The average molecular weight is 469 g/mol. The van der Waals surface area contributed by atoms with E-state index in [1.54, 1.807) is 12.4 Å². The number of carbonyl (C=O) groups excluding carboxylic acids is 1. The summed E-state index contributed by atoms with van der Waals surface area (Å²) < 4.78 is 7.85. The number of nitrogens with zero attached hydrogens (tertiary/aromatic N) is 4. The van der Waals surface area contributed by atoms with Gasteiger partial charge >= 0.3 is 0 Å². The lowest BCUT2D eigenvalue weighted by molar-refractivity contribution is 0.0948. The fourth-order valence-corrected chi connectivity index (χ4v) is 4.28. The molecule has 2 unspecified atom stereocenters. The van der Waals surface area contributed by atoms with Crippen LogP contribution in [0.5, 0.6) is 11.6 Å². The number of fused-ring (bicyclic) bond motifs is 1. The zero-order valence-electron chi connectivity index (χ0n) is 19.9. The van der Waals surface area contributed by atoms with E-state index in [1.807, 2.05) is 54.0 Å². The van der Waals surface area contributed by atoms with Crippen molar-refractivity contribution in [2.24, 2.45) is 11.8 Å². The van der Waals surface area contributed by atoms with E-state index in [0.29, 0.717) is 40.7 Å². The summed E-state index contributed by atoms with van der Waals surface area (Å²) in [7, 11) is 0. The number of pyridine rings is 1. The fourth-order valence-electron chi connectivity index (χ4n) is 4.28. The molecule has 2 aliphatic rings. The molecule has 0 radical (unpaired) electrons.